The second-order valence-corrected chi connectivity index (χ2v) is 8.69. The van der Waals surface area contributed by atoms with Gasteiger partial charge >= 0.3 is 0 Å². The standard InChI is InChI=1S/C16H24N2O3S2/c1-3-12-22-13-16(19)17-8-10-18(11-9-17)23(20,21)15-6-4-14(2)5-7-15/h4-7H,3,8-13H2,1-2H3. The predicted molar refractivity (Wildman–Crippen MR) is 94.1 cm³/mol. The van der Waals surface area contributed by atoms with Gasteiger partial charge in [0, 0.05) is 26.2 Å². The third-order valence-corrected chi connectivity index (χ3v) is 6.88. The van der Waals surface area contributed by atoms with Crippen molar-refractivity contribution in [3.8, 4) is 0 Å². The number of hydrogen-bond donors (Lipinski definition) is 0. The van der Waals surface area contributed by atoms with Crippen molar-refractivity contribution in [2.75, 3.05) is 37.7 Å². The fourth-order valence-corrected chi connectivity index (χ4v) is 4.64. The van der Waals surface area contributed by atoms with Crippen LogP contribution in [0.1, 0.15) is 18.9 Å². The zero-order valence-corrected chi connectivity index (χ0v) is 15.3. The van der Waals surface area contributed by atoms with E-state index in [1.165, 1.54) is 4.31 Å². The fourth-order valence-electron chi connectivity index (χ4n) is 2.43. The Balaban J connectivity index is 1.93. The Bertz CT molecular complexity index is 621. The molecule has 2 rings (SSSR count). The number of benzene rings is 1. The Hall–Kier alpha value is -1.05. The van der Waals surface area contributed by atoms with Gasteiger partial charge in [-0.15, -0.1) is 0 Å². The van der Waals surface area contributed by atoms with Gasteiger partial charge < -0.3 is 4.90 Å². The predicted octanol–water partition coefficient (Wildman–Crippen LogP) is 1.97. The normalized spacial score (nSPS) is 16.5. The topological polar surface area (TPSA) is 57.7 Å². The molecule has 0 atom stereocenters. The Labute approximate surface area is 143 Å². The first-order valence-corrected chi connectivity index (χ1v) is 10.5. The molecular weight excluding hydrogens is 332 g/mol. The summed E-state index contributed by atoms with van der Waals surface area (Å²) in [6.45, 7) is 5.68. The number of hydrogen-bond acceptors (Lipinski definition) is 4. The second-order valence-electron chi connectivity index (χ2n) is 5.65. The lowest BCUT2D eigenvalue weighted by Gasteiger charge is -2.34. The molecule has 0 aromatic heterocycles. The first-order chi connectivity index (χ1) is 10.9. The van der Waals surface area contributed by atoms with Gasteiger partial charge in [-0.25, -0.2) is 8.42 Å². The molecule has 0 aliphatic carbocycles. The van der Waals surface area contributed by atoms with E-state index < -0.39 is 10.0 Å². The Morgan fingerprint density at radius 3 is 2.30 bits per heavy atom. The summed E-state index contributed by atoms with van der Waals surface area (Å²) >= 11 is 1.64. The monoisotopic (exact) mass is 356 g/mol. The van der Waals surface area contributed by atoms with Crippen LogP contribution in [0, 0.1) is 6.92 Å². The molecule has 1 aliphatic rings. The molecule has 0 bridgehead atoms. The summed E-state index contributed by atoms with van der Waals surface area (Å²) in [5, 5.41) is 0. The van der Waals surface area contributed by atoms with Crippen molar-refractivity contribution in [1.29, 1.82) is 0 Å². The average Bonchev–Trinajstić information content (AvgIpc) is 2.55. The highest BCUT2D eigenvalue weighted by molar-refractivity contribution is 7.99. The van der Waals surface area contributed by atoms with Gasteiger partial charge in [0.15, 0.2) is 0 Å². The van der Waals surface area contributed by atoms with Crippen molar-refractivity contribution in [2.45, 2.75) is 25.2 Å². The van der Waals surface area contributed by atoms with E-state index in [0.29, 0.717) is 36.8 Å². The fraction of sp³-hybridized carbons (Fsp3) is 0.562. The van der Waals surface area contributed by atoms with Gasteiger partial charge in [-0.1, -0.05) is 24.6 Å². The van der Waals surface area contributed by atoms with Crippen molar-refractivity contribution in [3.63, 3.8) is 0 Å². The first kappa shape index (κ1) is 18.3. The largest absolute Gasteiger partial charge is 0.339 e. The highest BCUT2D eigenvalue weighted by atomic mass is 32.2. The van der Waals surface area contributed by atoms with Gasteiger partial charge in [0.25, 0.3) is 0 Å². The molecular formula is C16H24N2O3S2. The molecule has 1 aliphatic heterocycles. The van der Waals surface area contributed by atoms with Gasteiger partial charge in [-0.05, 0) is 31.2 Å². The van der Waals surface area contributed by atoms with Crippen molar-refractivity contribution in [1.82, 2.24) is 9.21 Å². The van der Waals surface area contributed by atoms with E-state index in [1.807, 2.05) is 6.92 Å². The lowest BCUT2D eigenvalue weighted by Crippen LogP contribution is -2.51. The summed E-state index contributed by atoms with van der Waals surface area (Å²) < 4.78 is 26.7. The van der Waals surface area contributed by atoms with Crippen molar-refractivity contribution in [3.05, 3.63) is 29.8 Å². The molecule has 0 radical (unpaired) electrons. The van der Waals surface area contributed by atoms with Gasteiger partial charge in [0.1, 0.15) is 0 Å². The minimum absolute atomic E-state index is 0.107. The van der Waals surface area contributed by atoms with Crippen LogP contribution in [-0.4, -0.2) is 61.2 Å². The van der Waals surface area contributed by atoms with E-state index in [9.17, 15) is 13.2 Å². The number of amides is 1. The summed E-state index contributed by atoms with van der Waals surface area (Å²) in [5.41, 5.74) is 1.03. The van der Waals surface area contributed by atoms with Crippen LogP contribution in [0.4, 0.5) is 0 Å². The summed E-state index contributed by atoms with van der Waals surface area (Å²) in [6, 6.07) is 6.89. The molecule has 1 heterocycles. The van der Waals surface area contributed by atoms with E-state index in [0.717, 1.165) is 17.7 Å². The number of thioether (sulfide) groups is 1. The van der Waals surface area contributed by atoms with Gasteiger partial charge in [0.2, 0.25) is 15.9 Å². The zero-order chi connectivity index (χ0) is 16.9. The Morgan fingerprint density at radius 2 is 1.74 bits per heavy atom. The van der Waals surface area contributed by atoms with Crippen LogP contribution in [0.5, 0.6) is 0 Å². The molecule has 1 fully saturated rings. The van der Waals surface area contributed by atoms with E-state index in [1.54, 1.807) is 40.9 Å². The molecule has 1 amide bonds. The number of rotatable bonds is 6. The van der Waals surface area contributed by atoms with E-state index in [4.69, 9.17) is 0 Å². The van der Waals surface area contributed by atoms with Gasteiger partial charge in [-0.3, -0.25) is 4.79 Å². The van der Waals surface area contributed by atoms with Gasteiger partial charge in [0.05, 0.1) is 10.6 Å². The van der Waals surface area contributed by atoms with Crippen LogP contribution in [0.25, 0.3) is 0 Å². The van der Waals surface area contributed by atoms with E-state index in [-0.39, 0.29) is 5.91 Å². The van der Waals surface area contributed by atoms with E-state index >= 15 is 0 Å². The van der Waals surface area contributed by atoms with E-state index in [2.05, 4.69) is 6.92 Å². The lowest BCUT2D eigenvalue weighted by molar-refractivity contribution is -0.129. The average molecular weight is 357 g/mol. The third-order valence-electron chi connectivity index (χ3n) is 3.82. The number of piperazine rings is 1. The number of sulfonamides is 1. The maximum Gasteiger partial charge on any atom is 0.243 e. The maximum absolute atomic E-state index is 12.6. The van der Waals surface area contributed by atoms with Crippen LogP contribution in [0.3, 0.4) is 0 Å². The smallest absolute Gasteiger partial charge is 0.243 e. The molecule has 1 aromatic rings. The van der Waals surface area contributed by atoms with Crippen molar-refractivity contribution >= 4 is 27.7 Å². The highest BCUT2D eigenvalue weighted by Gasteiger charge is 2.29. The third kappa shape index (κ3) is 4.71. The molecule has 0 saturated carbocycles. The molecule has 23 heavy (non-hydrogen) atoms. The summed E-state index contributed by atoms with van der Waals surface area (Å²) in [5.74, 6) is 1.57. The second kappa shape index (κ2) is 8.17. The Kier molecular flexibility index (Phi) is 6.50. The molecule has 1 saturated heterocycles. The van der Waals surface area contributed by atoms with Crippen LogP contribution < -0.4 is 0 Å². The molecule has 1 aromatic carbocycles. The summed E-state index contributed by atoms with van der Waals surface area (Å²) in [7, 11) is -3.46. The van der Waals surface area contributed by atoms with Gasteiger partial charge in [-0.2, -0.15) is 16.1 Å². The zero-order valence-electron chi connectivity index (χ0n) is 13.7. The van der Waals surface area contributed by atoms with Crippen molar-refractivity contribution in [2.24, 2.45) is 0 Å². The molecule has 0 spiro atoms. The minimum Gasteiger partial charge on any atom is -0.339 e. The number of nitrogens with zero attached hydrogens (tertiary/aromatic N) is 2. The minimum atomic E-state index is -3.46. The SMILES string of the molecule is CCCSCC(=O)N1CCN(S(=O)(=O)c2ccc(C)cc2)CC1. The van der Waals surface area contributed by atoms with Crippen molar-refractivity contribution < 1.29 is 13.2 Å². The van der Waals surface area contributed by atoms with Crippen LogP contribution in [-0.2, 0) is 14.8 Å². The highest BCUT2D eigenvalue weighted by Crippen LogP contribution is 2.18. The van der Waals surface area contributed by atoms with Crippen LogP contribution in [0.15, 0.2) is 29.2 Å². The quantitative estimate of drug-likeness (QED) is 0.731. The number of carbonyl (C=O) groups excluding carboxylic acids is 1. The number of aryl methyl sites for hydroxylation is 1. The number of carbonyl (C=O) groups is 1. The first-order valence-electron chi connectivity index (χ1n) is 7.87. The summed E-state index contributed by atoms with van der Waals surface area (Å²) in [4.78, 5) is 14.2. The Morgan fingerprint density at radius 1 is 1.13 bits per heavy atom. The molecule has 0 unspecified atom stereocenters. The molecule has 0 N–H and O–H groups in total. The maximum atomic E-state index is 12.6. The van der Waals surface area contributed by atoms with Crippen LogP contribution >= 0.6 is 11.8 Å². The molecule has 128 valence electrons. The lowest BCUT2D eigenvalue weighted by atomic mass is 10.2. The summed E-state index contributed by atoms with van der Waals surface area (Å²) in [6.07, 6.45) is 1.06. The van der Waals surface area contributed by atoms with Crippen LogP contribution in [0.2, 0.25) is 0 Å². The molecule has 5 nitrogen and oxygen atoms in total. The molecule has 7 heteroatoms.